The minimum atomic E-state index is -3.97. The third-order valence-electron chi connectivity index (χ3n) is 2.79. The molecule has 7 heteroatoms. The summed E-state index contributed by atoms with van der Waals surface area (Å²) in [6, 6.07) is 2.31. The van der Waals surface area contributed by atoms with Crippen molar-refractivity contribution in [2.24, 2.45) is 11.8 Å². The number of anilines is 1. The Labute approximate surface area is 131 Å². The van der Waals surface area contributed by atoms with Gasteiger partial charge in [0.05, 0.1) is 5.69 Å². The molecule has 0 aliphatic heterocycles. The largest absolute Gasteiger partial charge is 0.396 e. The van der Waals surface area contributed by atoms with E-state index in [1.54, 1.807) is 0 Å². The minimum Gasteiger partial charge on any atom is -0.396 e. The fraction of sp³-hybridized carbons (Fsp3) is 0.571. The SMILES string of the molecule is CC(C)CN(CC(C)C)S(=O)(=O)c1cc(Cl)cc(N)c1F. The first-order chi connectivity index (χ1) is 9.55. The van der Waals surface area contributed by atoms with E-state index in [1.165, 1.54) is 10.4 Å². The molecule has 0 spiro atoms. The van der Waals surface area contributed by atoms with E-state index in [-0.39, 0.29) is 22.5 Å². The van der Waals surface area contributed by atoms with Gasteiger partial charge in [-0.3, -0.25) is 0 Å². The van der Waals surface area contributed by atoms with Crippen LogP contribution >= 0.6 is 11.6 Å². The van der Waals surface area contributed by atoms with Gasteiger partial charge in [0.2, 0.25) is 10.0 Å². The highest BCUT2D eigenvalue weighted by Gasteiger charge is 2.29. The first-order valence-electron chi connectivity index (χ1n) is 6.80. The average molecular weight is 337 g/mol. The van der Waals surface area contributed by atoms with Crippen LogP contribution in [0.15, 0.2) is 17.0 Å². The Morgan fingerprint density at radius 2 is 1.67 bits per heavy atom. The van der Waals surface area contributed by atoms with Crippen LogP contribution in [0.5, 0.6) is 0 Å². The quantitative estimate of drug-likeness (QED) is 0.810. The molecule has 1 aromatic carbocycles. The molecule has 21 heavy (non-hydrogen) atoms. The lowest BCUT2D eigenvalue weighted by Gasteiger charge is -2.26. The van der Waals surface area contributed by atoms with Gasteiger partial charge in [-0.1, -0.05) is 39.3 Å². The number of nitrogens with zero attached hydrogens (tertiary/aromatic N) is 1. The summed E-state index contributed by atoms with van der Waals surface area (Å²) in [5.41, 5.74) is 5.21. The van der Waals surface area contributed by atoms with Gasteiger partial charge in [0, 0.05) is 18.1 Å². The molecule has 0 amide bonds. The number of rotatable bonds is 6. The molecular formula is C14H22ClFN2O2S. The fourth-order valence-corrected chi connectivity index (χ4v) is 4.18. The molecule has 1 rings (SSSR count). The zero-order valence-electron chi connectivity index (χ0n) is 12.7. The maximum atomic E-state index is 14.1. The topological polar surface area (TPSA) is 63.4 Å². The molecule has 0 saturated heterocycles. The molecule has 0 unspecified atom stereocenters. The van der Waals surface area contributed by atoms with Crippen molar-refractivity contribution in [1.82, 2.24) is 4.31 Å². The molecule has 0 aliphatic rings. The summed E-state index contributed by atoms with van der Waals surface area (Å²) in [6.07, 6.45) is 0. The Morgan fingerprint density at radius 1 is 1.19 bits per heavy atom. The van der Waals surface area contributed by atoms with Crippen molar-refractivity contribution >= 4 is 27.3 Å². The zero-order chi connectivity index (χ0) is 16.4. The van der Waals surface area contributed by atoms with Crippen LogP contribution in [-0.2, 0) is 10.0 Å². The van der Waals surface area contributed by atoms with Crippen LogP contribution < -0.4 is 5.73 Å². The molecule has 0 aromatic heterocycles. The van der Waals surface area contributed by atoms with Crippen LogP contribution in [0, 0.1) is 17.7 Å². The minimum absolute atomic E-state index is 0.0986. The van der Waals surface area contributed by atoms with E-state index < -0.39 is 20.7 Å². The second-order valence-electron chi connectivity index (χ2n) is 5.92. The summed E-state index contributed by atoms with van der Waals surface area (Å²) in [6.45, 7) is 8.26. The molecule has 0 aliphatic carbocycles. The molecule has 1 aromatic rings. The van der Waals surface area contributed by atoms with Gasteiger partial charge in [-0.2, -0.15) is 4.31 Å². The summed E-state index contributed by atoms with van der Waals surface area (Å²) in [4.78, 5) is -0.464. The van der Waals surface area contributed by atoms with Gasteiger partial charge in [0.25, 0.3) is 0 Å². The molecule has 0 bridgehead atoms. The molecule has 120 valence electrons. The Kier molecular flexibility index (Phi) is 6.01. The Morgan fingerprint density at radius 3 is 2.10 bits per heavy atom. The first-order valence-corrected chi connectivity index (χ1v) is 8.62. The average Bonchev–Trinajstić information content (AvgIpc) is 2.31. The van der Waals surface area contributed by atoms with Crippen LogP contribution in [0.3, 0.4) is 0 Å². The van der Waals surface area contributed by atoms with Crippen molar-refractivity contribution in [2.75, 3.05) is 18.8 Å². The van der Waals surface area contributed by atoms with Gasteiger partial charge in [0.15, 0.2) is 5.82 Å². The third kappa shape index (κ3) is 4.56. The second kappa shape index (κ2) is 6.94. The molecule has 0 radical (unpaired) electrons. The maximum Gasteiger partial charge on any atom is 0.246 e. The third-order valence-corrected chi connectivity index (χ3v) is 4.84. The molecule has 4 nitrogen and oxygen atoms in total. The lowest BCUT2D eigenvalue weighted by molar-refractivity contribution is 0.332. The predicted molar refractivity (Wildman–Crippen MR) is 84.3 cm³/mol. The number of benzene rings is 1. The number of sulfonamides is 1. The van der Waals surface area contributed by atoms with E-state index in [2.05, 4.69) is 0 Å². The molecular weight excluding hydrogens is 315 g/mol. The molecule has 0 fully saturated rings. The summed E-state index contributed by atoms with van der Waals surface area (Å²) in [7, 11) is -3.97. The van der Waals surface area contributed by atoms with Gasteiger partial charge in [-0.25, -0.2) is 12.8 Å². The lowest BCUT2D eigenvalue weighted by atomic mass is 10.2. The second-order valence-corrected chi connectivity index (χ2v) is 8.26. The van der Waals surface area contributed by atoms with Crippen molar-refractivity contribution in [3.8, 4) is 0 Å². The Hall–Kier alpha value is -0.850. The lowest BCUT2D eigenvalue weighted by Crippen LogP contribution is -2.37. The number of nitrogen functional groups attached to an aromatic ring is 1. The van der Waals surface area contributed by atoms with Crippen LogP contribution in [0.1, 0.15) is 27.7 Å². The van der Waals surface area contributed by atoms with E-state index in [1.807, 2.05) is 27.7 Å². The van der Waals surface area contributed by atoms with Crippen molar-refractivity contribution in [1.29, 1.82) is 0 Å². The number of halogens is 2. The molecule has 0 atom stereocenters. The highest BCUT2D eigenvalue weighted by Crippen LogP contribution is 2.28. The summed E-state index contributed by atoms with van der Waals surface area (Å²) >= 11 is 5.81. The predicted octanol–water partition coefficient (Wildman–Crippen LogP) is 3.36. The van der Waals surface area contributed by atoms with Crippen molar-refractivity contribution in [3.63, 3.8) is 0 Å². The summed E-state index contributed by atoms with van der Waals surface area (Å²) < 4.78 is 40.8. The van der Waals surface area contributed by atoms with E-state index in [0.29, 0.717) is 13.1 Å². The maximum absolute atomic E-state index is 14.1. The van der Waals surface area contributed by atoms with Crippen molar-refractivity contribution in [2.45, 2.75) is 32.6 Å². The van der Waals surface area contributed by atoms with Crippen molar-refractivity contribution in [3.05, 3.63) is 23.0 Å². The van der Waals surface area contributed by atoms with E-state index in [9.17, 15) is 12.8 Å². The van der Waals surface area contributed by atoms with Crippen LogP contribution in [-0.4, -0.2) is 25.8 Å². The zero-order valence-corrected chi connectivity index (χ0v) is 14.3. The Balaban J connectivity index is 3.35. The van der Waals surface area contributed by atoms with Gasteiger partial charge in [-0.05, 0) is 24.0 Å². The molecule has 0 saturated carbocycles. The van der Waals surface area contributed by atoms with E-state index >= 15 is 0 Å². The number of hydrogen-bond donors (Lipinski definition) is 1. The van der Waals surface area contributed by atoms with Gasteiger partial charge >= 0.3 is 0 Å². The van der Waals surface area contributed by atoms with E-state index in [0.717, 1.165) is 6.07 Å². The van der Waals surface area contributed by atoms with Crippen LogP contribution in [0.2, 0.25) is 5.02 Å². The van der Waals surface area contributed by atoms with Gasteiger partial charge in [0.1, 0.15) is 4.90 Å². The highest BCUT2D eigenvalue weighted by molar-refractivity contribution is 7.89. The first kappa shape index (κ1) is 18.2. The van der Waals surface area contributed by atoms with E-state index in [4.69, 9.17) is 17.3 Å². The fourth-order valence-electron chi connectivity index (χ4n) is 2.00. The van der Waals surface area contributed by atoms with Crippen LogP contribution in [0.4, 0.5) is 10.1 Å². The van der Waals surface area contributed by atoms with Gasteiger partial charge in [-0.15, -0.1) is 0 Å². The smallest absolute Gasteiger partial charge is 0.246 e. The number of hydrogen-bond acceptors (Lipinski definition) is 3. The van der Waals surface area contributed by atoms with Crippen molar-refractivity contribution < 1.29 is 12.8 Å². The molecule has 2 N–H and O–H groups in total. The standard InChI is InChI=1S/C14H22ClFN2O2S/c1-9(2)7-18(8-10(3)4)21(19,20)13-6-11(15)5-12(17)14(13)16/h5-6,9-10H,7-8,17H2,1-4H3. The summed E-state index contributed by atoms with van der Waals surface area (Å²) in [5, 5.41) is 0.0986. The molecule has 0 heterocycles. The number of nitrogens with two attached hydrogens (primary N) is 1. The summed E-state index contributed by atoms with van der Waals surface area (Å²) in [5.74, 6) is -0.701. The highest BCUT2D eigenvalue weighted by atomic mass is 35.5. The monoisotopic (exact) mass is 336 g/mol. The Bertz CT molecular complexity index is 593. The van der Waals surface area contributed by atoms with Crippen LogP contribution in [0.25, 0.3) is 0 Å². The normalized spacial score (nSPS) is 12.6. The van der Waals surface area contributed by atoms with Gasteiger partial charge < -0.3 is 5.73 Å².